The Labute approximate surface area is 119 Å². The number of aromatic nitrogens is 2. The maximum atomic E-state index is 9.34. The lowest BCUT2D eigenvalue weighted by Crippen LogP contribution is -2.11. The molecule has 20 heavy (non-hydrogen) atoms. The fourth-order valence-electron chi connectivity index (χ4n) is 1.91. The maximum absolute atomic E-state index is 9.34. The van der Waals surface area contributed by atoms with E-state index in [0.717, 1.165) is 16.6 Å². The van der Waals surface area contributed by atoms with Gasteiger partial charge in [0, 0.05) is 24.5 Å². The van der Waals surface area contributed by atoms with E-state index in [1.807, 2.05) is 35.5 Å². The highest BCUT2D eigenvalue weighted by atomic mass is 32.1. The molecule has 0 saturated heterocycles. The lowest BCUT2D eigenvalue weighted by atomic mass is 10.1. The van der Waals surface area contributed by atoms with E-state index in [0.29, 0.717) is 12.1 Å². The first-order chi connectivity index (χ1) is 9.76. The molecule has 100 valence electrons. The second-order valence-corrected chi connectivity index (χ2v) is 4.81. The summed E-state index contributed by atoms with van der Waals surface area (Å²) in [6, 6.07) is 6.00. The Morgan fingerprint density at radius 2 is 2.00 bits per heavy atom. The Morgan fingerprint density at radius 1 is 1.25 bits per heavy atom. The van der Waals surface area contributed by atoms with Gasteiger partial charge < -0.3 is 10.0 Å². The van der Waals surface area contributed by atoms with Gasteiger partial charge in [-0.15, -0.1) is 5.11 Å². The average molecular weight is 285 g/mol. The van der Waals surface area contributed by atoms with Crippen LogP contribution in [0.1, 0.15) is 5.56 Å². The molecule has 0 amide bonds. The first-order valence-electron chi connectivity index (χ1n) is 5.90. The highest BCUT2D eigenvalue weighted by molar-refractivity contribution is 7.00. The lowest BCUT2D eigenvalue weighted by molar-refractivity contribution is 0.391. The number of benzene rings is 1. The summed E-state index contributed by atoms with van der Waals surface area (Å²) in [5.41, 5.74) is 10.2. The predicted octanol–water partition coefficient (Wildman–Crippen LogP) is 3.33. The number of aliphatic hydroxyl groups excluding tert-OH is 1. The zero-order valence-electron chi connectivity index (χ0n) is 10.4. The number of fused-ring (bicyclic) bond motifs is 1. The second kappa shape index (κ2) is 5.22. The van der Waals surface area contributed by atoms with Crippen molar-refractivity contribution < 1.29 is 5.11 Å². The van der Waals surface area contributed by atoms with Gasteiger partial charge in [-0.1, -0.05) is 6.07 Å². The van der Waals surface area contributed by atoms with Crippen molar-refractivity contribution in [1.82, 2.24) is 13.6 Å². The Bertz CT molecular complexity index is 730. The SMILES string of the molecule is N=NC(O)=C1C=CN(Cc2ccc3nsnc3c2)C=C1. The molecular weight excluding hydrogens is 274 g/mol. The Morgan fingerprint density at radius 3 is 2.75 bits per heavy atom. The molecule has 0 atom stereocenters. The van der Waals surface area contributed by atoms with Crippen LogP contribution in [0.15, 0.2) is 59.3 Å². The highest BCUT2D eigenvalue weighted by Crippen LogP contribution is 2.18. The number of allylic oxidation sites excluding steroid dienone is 3. The molecule has 0 spiro atoms. The van der Waals surface area contributed by atoms with Gasteiger partial charge in [-0.3, -0.25) is 0 Å². The van der Waals surface area contributed by atoms with Crippen molar-refractivity contribution in [3.8, 4) is 0 Å². The molecule has 0 radical (unpaired) electrons. The van der Waals surface area contributed by atoms with Gasteiger partial charge in [0.05, 0.1) is 11.7 Å². The van der Waals surface area contributed by atoms with Crippen LogP contribution >= 0.6 is 11.7 Å². The number of hydrogen-bond donors (Lipinski definition) is 2. The summed E-state index contributed by atoms with van der Waals surface area (Å²) in [6.45, 7) is 0.701. The first kappa shape index (κ1) is 12.5. The van der Waals surface area contributed by atoms with Crippen molar-refractivity contribution in [3.63, 3.8) is 0 Å². The van der Waals surface area contributed by atoms with Crippen molar-refractivity contribution in [2.45, 2.75) is 6.54 Å². The minimum Gasteiger partial charge on any atom is -0.492 e. The van der Waals surface area contributed by atoms with Crippen LogP contribution in [-0.4, -0.2) is 18.8 Å². The fraction of sp³-hybridized carbons (Fsp3) is 0.0769. The van der Waals surface area contributed by atoms with Gasteiger partial charge in [0.25, 0.3) is 0 Å². The molecule has 0 fully saturated rings. The third kappa shape index (κ3) is 2.43. The standard InChI is InChI=1S/C13H11N5OS/c14-15-13(19)10-3-5-18(6-4-10)8-9-1-2-11-12(7-9)17-20-16-11/h1-7,14,19H,8H2. The summed E-state index contributed by atoms with van der Waals surface area (Å²) >= 11 is 1.21. The van der Waals surface area contributed by atoms with Crippen molar-refractivity contribution in [1.29, 1.82) is 5.53 Å². The number of nitrogens with zero attached hydrogens (tertiary/aromatic N) is 4. The molecule has 0 bridgehead atoms. The Kier molecular flexibility index (Phi) is 3.26. The summed E-state index contributed by atoms with van der Waals surface area (Å²) < 4.78 is 8.39. The highest BCUT2D eigenvalue weighted by Gasteiger charge is 2.07. The molecule has 0 saturated carbocycles. The van der Waals surface area contributed by atoms with Crippen LogP contribution in [0.2, 0.25) is 0 Å². The van der Waals surface area contributed by atoms with Crippen molar-refractivity contribution in [2.24, 2.45) is 5.11 Å². The molecule has 2 N–H and O–H groups in total. The summed E-state index contributed by atoms with van der Waals surface area (Å²) in [4.78, 5) is 1.97. The molecule has 0 unspecified atom stereocenters. The molecule has 1 aromatic heterocycles. The maximum Gasteiger partial charge on any atom is 0.237 e. The molecular formula is C13H11N5OS. The first-order valence-corrected chi connectivity index (χ1v) is 6.63. The van der Waals surface area contributed by atoms with Crippen LogP contribution in [0.3, 0.4) is 0 Å². The normalized spacial score (nSPS) is 14.0. The van der Waals surface area contributed by atoms with Crippen LogP contribution in [0, 0.1) is 5.53 Å². The number of nitrogens with one attached hydrogen (secondary N) is 1. The summed E-state index contributed by atoms with van der Waals surface area (Å²) in [7, 11) is 0. The van der Waals surface area contributed by atoms with Crippen molar-refractivity contribution in [2.75, 3.05) is 0 Å². The van der Waals surface area contributed by atoms with E-state index in [-0.39, 0.29) is 5.88 Å². The predicted molar refractivity (Wildman–Crippen MR) is 76.0 cm³/mol. The summed E-state index contributed by atoms with van der Waals surface area (Å²) in [5, 5.41) is 12.3. The van der Waals surface area contributed by atoms with Crippen LogP contribution in [-0.2, 0) is 6.54 Å². The van der Waals surface area contributed by atoms with Gasteiger partial charge in [-0.2, -0.15) is 8.75 Å². The van der Waals surface area contributed by atoms with Gasteiger partial charge in [-0.05, 0) is 29.8 Å². The van der Waals surface area contributed by atoms with Gasteiger partial charge in [0.15, 0.2) is 0 Å². The average Bonchev–Trinajstić information content (AvgIpc) is 2.95. The van der Waals surface area contributed by atoms with Crippen molar-refractivity contribution >= 4 is 22.8 Å². The van der Waals surface area contributed by atoms with Crippen LogP contribution in [0.4, 0.5) is 0 Å². The van der Waals surface area contributed by atoms with E-state index in [9.17, 15) is 5.11 Å². The minimum absolute atomic E-state index is 0.285. The number of aliphatic hydroxyl groups is 1. The van der Waals surface area contributed by atoms with Gasteiger partial charge in [-0.25, -0.2) is 5.53 Å². The quantitative estimate of drug-likeness (QED) is 0.669. The molecule has 0 aliphatic carbocycles. The summed E-state index contributed by atoms with van der Waals surface area (Å²) in [6.07, 6.45) is 7.10. The minimum atomic E-state index is -0.285. The third-order valence-electron chi connectivity index (χ3n) is 2.94. The van der Waals surface area contributed by atoms with E-state index >= 15 is 0 Å². The number of rotatable bonds is 3. The monoisotopic (exact) mass is 285 g/mol. The second-order valence-electron chi connectivity index (χ2n) is 4.28. The van der Waals surface area contributed by atoms with Gasteiger partial charge >= 0.3 is 0 Å². The van der Waals surface area contributed by atoms with Crippen LogP contribution < -0.4 is 0 Å². The molecule has 6 nitrogen and oxygen atoms in total. The van der Waals surface area contributed by atoms with E-state index in [1.165, 1.54) is 11.7 Å². The van der Waals surface area contributed by atoms with Gasteiger partial charge in [0.2, 0.25) is 5.88 Å². The largest absolute Gasteiger partial charge is 0.492 e. The van der Waals surface area contributed by atoms with Crippen LogP contribution in [0.25, 0.3) is 11.0 Å². The van der Waals surface area contributed by atoms with Gasteiger partial charge in [0.1, 0.15) is 11.0 Å². The van der Waals surface area contributed by atoms with E-state index in [1.54, 1.807) is 12.2 Å². The third-order valence-corrected chi connectivity index (χ3v) is 3.50. The van der Waals surface area contributed by atoms with Crippen LogP contribution in [0.5, 0.6) is 0 Å². The number of hydrogen-bond acceptors (Lipinski definition) is 7. The molecule has 2 aromatic rings. The molecule has 3 rings (SSSR count). The fourth-order valence-corrected chi connectivity index (χ4v) is 2.43. The van der Waals surface area contributed by atoms with E-state index in [2.05, 4.69) is 13.9 Å². The molecule has 1 aromatic carbocycles. The zero-order valence-corrected chi connectivity index (χ0v) is 11.2. The molecule has 2 heterocycles. The lowest BCUT2D eigenvalue weighted by Gasteiger charge is -2.18. The van der Waals surface area contributed by atoms with Crippen molar-refractivity contribution in [3.05, 3.63) is 59.8 Å². The zero-order chi connectivity index (χ0) is 13.9. The summed E-state index contributed by atoms with van der Waals surface area (Å²) in [5.74, 6) is -0.285. The smallest absolute Gasteiger partial charge is 0.237 e. The molecule has 7 heteroatoms. The molecule has 1 aliphatic rings. The Hall–Kier alpha value is -2.54. The topological polar surface area (TPSA) is 85.5 Å². The molecule has 1 aliphatic heterocycles. The Balaban J connectivity index is 1.76. The van der Waals surface area contributed by atoms with E-state index in [4.69, 9.17) is 5.53 Å². The van der Waals surface area contributed by atoms with E-state index < -0.39 is 0 Å².